The molecule has 4 rings (SSSR count). The molecule has 1 fully saturated rings. The van der Waals surface area contributed by atoms with Crippen molar-refractivity contribution in [3.8, 4) is 22.8 Å². The van der Waals surface area contributed by atoms with Crippen LogP contribution in [0.2, 0.25) is 0 Å². The van der Waals surface area contributed by atoms with Gasteiger partial charge in [-0.1, -0.05) is 25.1 Å². The van der Waals surface area contributed by atoms with Crippen LogP contribution < -0.4 is 4.74 Å². The zero-order valence-corrected chi connectivity index (χ0v) is 21.4. The van der Waals surface area contributed by atoms with E-state index in [1.807, 2.05) is 19.1 Å². The summed E-state index contributed by atoms with van der Waals surface area (Å²) < 4.78 is 24.2. The predicted molar refractivity (Wildman–Crippen MR) is 137 cm³/mol. The molecule has 2 aromatic heterocycles. The first-order chi connectivity index (χ1) is 17.8. The van der Waals surface area contributed by atoms with Crippen molar-refractivity contribution in [2.24, 2.45) is 11.8 Å². The molecular formula is C29H33FN2O5. The topological polar surface area (TPSA) is 102 Å². The molecule has 0 spiro atoms. The minimum Gasteiger partial charge on any atom is -0.508 e. The number of aromatic nitrogens is 2. The third kappa shape index (κ3) is 6.25. The van der Waals surface area contributed by atoms with Crippen molar-refractivity contribution in [1.82, 2.24) is 9.97 Å². The van der Waals surface area contributed by atoms with Crippen LogP contribution in [0.1, 0.15) is 61.4 Å². The van der Waals surface area contributed by atoms with Crippen molar-refractivity contribution in [3.05, 3.63) is 71.4 Å². The molecule has 2 N–H and O–H groups in total. The number of methoxy groups -OCH3 is 2. The number of halogens is 1. The molecule has 196 valence electrons. The third-order valence-corrected chi connectivity index (χ3v) is 7.14. The predicted octanol–water partition coefficient (Wildman–Crippen LogP) is 5.36. The number of rotatable bonds is 11. The highest BCUT2D eigenvalue weighted by Gasteiger charge is 2.39. The Hall–Kier alpha value is -3.52. The van der Waals surface area contributed by atoms with Crippen molar-refractivity contribution in [2.75, 3.05) is 14.2 Å². The standard InChI is InChI=1S/C29H33FN2O5/c1-17(29(35)37-3)28(19-8-9-19)20-10-7-18(26(34)13-20)5-4-6-25(33)24-12-11-21(15-31-24)22-14-27(36-2)32-16-23(22)30/h7,10-17,19,25,28,33-34H,4-6,8-9H2,1-3H3/t17-,25?,28-/m0/s1. The van der Waals surface area contributed by atoms with Crippen molar-refractivity contribution in [1.29, 1.82) is 0 Å². The molecule has 37 heavy (non-hydrogen) atoms. The first kappa shape index (κ1) is 26.5. The van der Waals surface area contributed by atoms with Gasteiger partial charge in [-0.05, 0) is 67.2 Å². The van der Waals surface area contributed by atoms with Crippen molar-refractivity contribution >= 4 is 5.97 Å². The molecule has 8 heteroatoms. The molecule has 1 saturated carbocycles. The van der Waals surface area contributed by atoms with E-state index in [4.69, 9.17) is 9.47 Å². The van der Waals surface area contributed by atoms with Crippen LogP contribution in [0.25, 0.3) is 11.1 Å². The molecule has 0 saturated heterocycles. The molecule has 3 aromatic rings. The number of aliphatic hydroxyl groups is 1. The van der Waals surface area contributed by atoms with Gasteiger partial charge in [0.15, 0.2) is 0 Å². The lowest BCUT2D eigenvalue weighted by Crippen LogP contribution is -2.22. The Kier molecular flexibility index (Phi) is 8.38. The number of carbonyl (C=O) groups excluding carboxylic acids is 1. The molecule has 1 aliphatic carbocycles. The molecule has 0 bridgehead atoms. The van der Waals surface area contributed by atoms with Gasteiger partial charge in [-0.25, -0.2) is 9.37 Å². The summed E-state index contributed by atoms with van der Waals surface area (Å²) >= 11 is 0. The minimum atomic E-state index is -0.785. The van der Waals surface area contributed by atoms with Crippen molar-refractivity contribution < 1.29 is 28.9 Å². The van der Waals surface area contributed by atoms with Crippen LogP contribution in [-0.2, 0) is 16.0 Å². The zero-order valence-electron chi connectivity index (χ0n) is 21.4. The van der Waals surface area contributed by atoms with Gasteiger partial charge in [-0.15, -0.1) is 0 Å². The fourth-order valence-corrected chi connectivity index (χ4v) is 4.90. The van der Waals surface area contributed by atoms with Crippen LogP contribution in [0.15, 0.2) is 48.8 Å². The summed E-state index contributed by atoms with van der Waals surface area (Å²) in [6.45, 7) is 1.88. The van der Waals surface area contributed by atoms with Gasteiger partial charge >= 0.3 is 5.97 Å². The van der Waals surface area contributed by atoms with Gasteiger partial charge in [0.25, 0.3) is 0 Å². The van der Waals surface area contributed by atoms with Gasteiger partial charge in [0.2, 0.25) is 5.88 Å². The Balaban J connectivity index is 1.36. The van der Waals surface area contributed by atoms with Crippen LogP contribution in [0.3, 0.4) is 0 Å². The quantitative estimate of drug-likeness (QED) is 0.336. The summed E-state index contributed by atoms with van der Waals surface area (Å²) in [6, 6.07) is 10.5. The maximum atomic E-state index is 14.2. The highest BCUT2D eigenvalue weighted by molar-refractivity contribution is 5.73. The fraction of sp³-hybridized carbons (Fsp3) is 0.414. The molecule has 7 nitrogen and oxygen atoms in total. The SMILES string of the molecule is COC(=O)[C@@H](C)[C@H](c1ccc(CCCC(O)c2ccc(-c3cc(OC)ncc3F)cn2)c(O)c1)C1CC1. The van der Waals surface area contributed by atoms with E-state index in [-0.39, 0.29) is 23.6 Å². The Morgan fingerprint density at radius 3 is 2.54 bits per heavy atom. The number of nitrogens with zero attached hydrogens (tertiary/aromatic N) is 2. The summed E-state index contributed by atoms with van der Waals surface area (Å²) in [7, 11) is 2.87. The van der Waals surface area contributed by atoms with Crippen molar-refractivity contribution in [3.63, 3.8) is 0 Å². The number of aryl methyl sites for hydroxylation is 1. The number of aliphatic hydroxyl groups excluding tert-OH is 1. The average molecular weight is 509 g/mol. The highest BCUT2D eigenvalue weighted by Crippen LogP contribution is 2.47. The van der Waals surface area contributed by atoms with E-state index in [1.54, 1.807) is 18.2 Å². The monoisotopic (exact) mass is 508 g/mol. The smallest absolute Gasteiger partial charge is 0.309 e. The number of phenolic OH excluding ortho intramolecular Hbond substituents is 1. The zero-order chi connectivity index (χ0) is 26.5. The van der Waals surface area contributed by atoms with Gasteiger partial charge in [0.05, 0.1) is 38.1 Å². The Morgan fingerprint density at radius 2 is 1.92 bits per heavy atom. The molecule has 1 unspecified atom stereocenters. The van der Waals surface area contributed by atoms with Gasteiger partial charge in [0, 0.05) is 23.4 Å². The highest BCUT2D eigenvalue weighted by atomic mass is 19.1. The second-order valence-corrected chi connectivity index (χ2v) is 9.65. The maximum absolute atomic E-state index is 14.2. The van der Waals surface area contributed by atoms with Gasteiger partial charge in [-0.2, -0.15) is 0 Å². The summed E-state index contributed by atoms with van der Waals surface area (Å²) in [5.74, 6) is -0.0132. The Morgan fingerprint density at radius 1 is 1.14 bits per heavy atom. The molecule has 3 atom stereocenters. The Bertz CT molecular complexity index is 1230. The molecule has 0 amide bonds. The van der Waals surface area contributed by atoms with Gasteiger partial charge in [-0.3, -0.25) is 9.78 Å². The second kappa shape index (κ2) is 11.7. The minimum absolute atomic E-state index is 0.0324. The molecular weight excluding hydrogens is 475 g/mol. The first-order valence-electron chi connectivity index (χ1n) is 12.6. The molecule has 1 aromatic carbocycles. The Labute approximate surface area is 216 Å². The first-order valence-corrected chi connectivity index (χ1v) is 12.6. The van der Waals surface area contributed by atoms with Gasteiger partial charge in [0.1, 0.15) is 11.6 Å². The van der Waals surface area contributed by atoms with Crippen LogP contribution in [0.4, 0.5) is 4.39 Å². The summed E-state index contributed by atoms with van der Waals surface area (Å²) in [5, 5.41) is 21.3. The normalized spacial score (nSPS) is 15.6. The number of hydrogen-bond acceptors (Lipinski definition) is 7. The summed E-state index contributed by atoms with van der Waals surface area (Å²) in [5.41, 5.74) is 3.12. The van der Waals surface area contributed by atoms with Crippen LogP contribution in [0.5, 0.6) is 11.6 Å². The number of pyridine rings is 2. The summed E-state index contributed by atoms with van der Waals surface area (Å²) in [4.78, 5) is 20.3. The largest absolute Gasteiger partial charge is 0.508 e. The number of esters is 1. The van der Waals surface area contributed by atoms with Crippen LogP contribution in [0, 0.1) is 17.7 Å². The van der Waals surface area contributed by atoms with E-state index in [0.29, 0.717) is 47.9 Å². The lowest BCUT2D eigenvalue weighted by atomic mass is 9.82. The van der Waals surface area contributed by atoms with Gasteiger partial charge < -0.3 is 19.7 Å². The number of aromatic hydroxyl groups is 1. The lowest BCUT2D eigenvalue weighted by molar-refractivity contribution is -0.145. The number of benzene rings is 1. The van der Waals surface area contributed by atoms with E-state index in [1.165, 1.54) is 26.5 Å². The lowest BCUT2D eigenvalue weighted by Gasteiger charge is -2.23. The molecule has 0 radical (unpaired) electrons. The van der Waals surface area contributed by atoms with E-state index in [2.05, 4.69) is 9.97 Å². The number of carbonyl (C=O) groups is 1. The second-order valence-electron chi connectivity index (χ2n) is 9.65. The van der Waals surface area contributed by atoms with Crippen LogP contribution in [-0.4, -0.2) is 40.4 Å². The van der Waals surface area contributed by atoms with E-state index in [0.717, 1.165) is 30.2 Å². The molecule has 0 aliphatic heterocycles. The number of hydrogen-bond donors (Lipinski definition) is 2. The molecule has 2 heterocycles. The third-order valence-electron chi connectivity index (χ3n) is 7.14. The number of ether oxygens (including phenoxy) is 2. The van der Waals surface area contributed by atoms with Crippen LogP contribution >= 0.6 is 0 Å². The summed E-state index contributed by atoms with van der Waals surface area (Å²) in [6.07, 6.45) is 5.67. The fourth-order valence-electron chi connectivity index (χ4n) is 4.90. The van der Waals surface area contributed by atoms with Crippen molar-refractivity contribution in [2.45, 2.75) is 51.0 Å². The number of phenols is 1. The average Bonchev–Trinajstić information content (AvgIpc) is 3.75. The van der Waals surface area contributed by atoms with E-state index < -0.39 is 11.9 Å². The van der Waals surface area contributed by atoms with E-state index in [9.17, 15) is 19.4 Å². The maximum Gasteiger partial charge on any atom is 0.309 e. The molecule has 1 aliphatic rings. The van der Waals surface area contributed by atoms with E-state index >= 15 is 0 Å².